The number of carbonyl (C=O) groups is 3. The molecule has 0 unspecified atom stereocenters. The first-order valence-electron chi connectivity index (χ1n) is 9.87. The summed E-state index contributed by atoms with van der Waals surface area (Å²) in [5, 5.41) is 3.52. The van der Waals surface area contributed by atoms with Crippen molar-refractivity contribution in [1.82, 2.24) is 15.1 Å². The second-order valence-electron chi connectivity index (χ2n) is 7.60. The van der Waals surface area contributed by atoms with E-state index in [4.69, 9.17) is 11.6 Å². The Morgan fingerprint density at radius 3 is 2.37 bits per heavy atom. The molecule has 0 radical (unpaired) electrons. The van der Waals surface area contributed by atoms with Crippen molar-refractivity contribution in [1.29, 1.82) is 0 Å². The smallest absolute Gasteiger partial charge is 0.325 e. The highest BCUT2D eigenvalue weighted by molar-refractivity contribution is 6.30. The number of halogens is 1. The predicted octanol–water partition coefficient (Wildman–Crippen LogP) is 3.47. The average molecular weight is 424 g/mol. The van der Waals surface area contributed by atoms with Gasteiger partial charge in [-0.25, -0.2) is 4.79 Å². The van der Waals surface area contributed by atoms with E-state index in [1.165, 1.54) is 11.0 Å². The monoisotopic (exact) mass is 423 g/mol. The molecule has 0 atom stereocenters. The van der Waals surface area contributed by atoms with E-state index < -0.39 is 5.54 Å². The number of piperidine rings is 1. The molecule has 4 amide bonds. The summed E-state index contributed by atoms with van der Waals surface area (Å²) in [6, 6.07) is 16.3. The summed E-state index contributed by atoms with van der Waals surface area (Å²) in [4.78, 5) is 41.0. The molecule has 2 heterocycles. The van der Waals surface area contributed by atoms with Crippen LogP contribution in [0.4, 0.5) is 4.79 Å². The molecule has 0 aliphatic carbocycles. The zero-order valence-corrected chi connectivity index (χ0v) is 17.1. The van der Waals surface area contributed by atoms with Gasteiger partial charge in [0.1, 0.15) is 5.54 Å². The van der Waals surface area contributed by atoms with E-state index in [0.717, 1.165) is 11.1 Å². The number of imide groups is 1. The maximum absolute atomic E-state index is 13.0. The SMILES string of the molecule is O=C(C=Cc1ccc(Cl)cc1)N1CCC2(CC1)NC(=O)N(Cc1ccccc1)C2=O. The summed E-state index contributed by atoms with van der Waals surface area (Å²) in [5.74, 6) is -0.321. The van der Waals surface area contributed by atoms with Gasteiger partial charge in [0.15, 0.2) is 0 Å². The Morgan fingerprint density at radius 2 is 1.70 bits per heavy atom. The van der Waals surface area contributed by atoms with Crippen molar-refractivity contribution >= 4 is 35.5 Å². The molecule has 30 heavy (non-hydrogen) atoms. The molecule has 2 aromatic carbocycles. The van der Waals surface area contributed by atoms with Crippen molar-refractivity contribution in [2.75, 3.05) is 13.1 Å². The maximum Gasteiger partial charge on any atom is 0.325 e. The van der Waals surface area contributed by atoms with E-state index >= 15 is 0 Å². The lowest BCUT2D eigenvalue weighted by Crippen LogP contribution is -2.55. The van der Waals surface area contributed by atoms with E-state index in [1.807, 2.05) is 42.5 Å². The minimum atomic E-state index is -0.914. The number of rotatable bonds is 4. The third kappa shape index (κ3) is 4.09. The van der Waals surface area contributed by atoms with Crippen LogP contribution in [-0.4, -0.2) is 46.3 Å². The van der Waals surface area contributed by atoms with E-state index in [1.54, 1.807) is 23.1 Å². The molecule has 2 aliphatic heterocycles. The fourth-order valence-electron chi connectivity index (χ4n) is 3.88. The van der Waals surface area contributed by atoms with Crippen molar-refractivity contribution < 1.29 is 14.4 Å². The molecule has 154 valence electrons. The first-order chi connectivity index (χ1) is 14.5. The predicted molar refractivity (Wildman–Crippen MR) is 115 cm³/mol. The van der Waals surface area contributed by atoms with Gasteiger partial charge in [0.05, 0.1) is 6.54 Å². The number of amides is 4. The highest BCUT2D eigenvalue weighted by atomic mass is 35.5. The van der Waals surface area contributed by atoms with Crippen LogP contribution < -0.4 is 5.32 Å². The van der Waals surface area contributed by atoms with Crippen molar-refractivity contribution in [3.63, 3.8) is 0 Å². The van der Waals surface area contributed by atoms with Gasteiger partial charge in [-0.15, -0.1) is 0 Å². The van der Waals surface area contributed by atoms with Crippen LogP contribution in [0, 0.1) is 0 Å². The molecule has 4 rings (SSSR count). The third-order valence-electron chi connectivity index (χ3n) is 5.65. The Hall–Kier alpha value is -3.12. The quantitative estimate of drug-likeness (QED) is 0.604. The van der Waals surface area contributed by atoms with E-state index in [9.17, 15) is 14.4 Å². The molecule has 2 aliphatic rings. The summed E-state index contributed by atoms with van der Waals surface area (Å²) in [6.07, 6.45) is 4.08. The summed E-state index contributed by atoms with van der Waals surface area (Å²) >= 11 is 5.87. The van der Waals surface area contributed by atoms with Gasteiger partial charge in [-0.1, -0.05) is 54.1 Å². The highest BCUT2D eigenvalue weighted by Gasteiger charge is 2.52. The number of hydrogen-bond donors (Lipinski definition) is 1. The lowest BCUT2D eigenvalue weighted by Gasteiger charge is -2.36. The van der Waals surface area contributed by atoms with Crippen LogP contribution in [0.15, 0.2) is 60.7 Å². The number of nitrogens with one attached hydrogen (secondary N) is 1. The largest absolute Gasteiger partial charge is 0.339 e. The standard InChI is InChI=1S/C23H22ClN3O3/c24-19-9-6-17(7-10-19)8-11-20(28)26-14-12-23(13-15-26)21(29)27(22(30)25-23)16-18-4-2-1-3-5-18/h1-11H,12-16H2,(H,25,30). The summed E-state index contributed by atoms with van der Waals surface area (Å²) in [7, 11) is 0. The van der Waals surface area contributed by atoms with Crippen molar-refractivity contribution in [2.45, 2.75) is 24.9 Å². The van der Waals surface area contributed by atoms with Gasteiger partial charge in [-0.2, -0.15) is 0 Å². The van der Waals surface area contributed by atoms with Crippen molar-refractivity contribution in [3.05, 3.63) is 76.8 Å². The fourth-order valence-corrected chi connectivity index (χ4v) is 4.01. The van der Waals surface area contributed by atoms with E-state index in [-0.39, 0.29) is 24.4 Å². The maximum atomic E-state index is 13.0. The highest BCUT2D eigenvalue weighted by Crippen LogP contribution is 2.30. The van der Waals surface area contributed by atoms with Gasteiger partial charge in [0.25, 0.3) is 5.91 Å². The molecule has 0 saturated carbocycles. The number of carbonyl (C=O) groups excluding carboxylic acids is 3. The van der Waals surface area contributed by atoms with Crippen molar-refractivity contribution in [2.24, 2.45) is 0 Å². The molecule has 6 nitrogen and oxygen atoms in total. The van der Waals surface area contributed by atoms with E-state index in [2.05, 4.69) is 5.32 Å². The van der Waals surface area contributed by atoms with Crippen molar-refractivity contribution in [3.8, 4) is 0 Å². The fraction of sp³-hybridized carbons (Fsp3) is 0.261. The molecule has 2 fully saturated rings. The molecule has 2 saturated heterocycles. The summed E-state index contributed by atoms with van der Waals surface area (Å²) in [6.45, 7) is 1.07. The van der Waals surface area contributed by atoms with Crippen LogP contribution in [0.1, 0.15) is 24.0 Å². The zero-order valence-electron chi connectivity index (χ0n) is 16.4. The molecule has 1 N–H and O–H groups in total. The van der Waals surface area contributed by atoms with Crippen LogP contribution in [-0.2, 0) is 16.1 Å². The van der Waals surface area contributed by atoms with Crippen LogP contribution in [0.25, 0.3) is 6.08 Å². The number of likely N-dealkylation sites (tertiary alicyclic amines) is 1. The lowest BCUT2D eigenvalue weighted by molar-refractivity contribution is -0.136. The molecule has 0 aromatic heterocycles. The van der Waals surface area contributed by atoms with Gasteiger partial charge in [0, 0.05) is 24.2 Å². The molecule has 1 spiro atoms. The van der Waals surface area contributed by atoms with Gasteiger partial charge in [-0.3, -0.25) is 14.5 Å². The topological polar surface area (TPSA) is 69.7 Å². The van der Waals surface area contributed by atoms with Gasteiger partial charge in [-0.05, 0) is 42.2 Å². The minimum absolute atomic E-state index is 0.113. The third-order valence-corrected chi connectivity index (χ3v) is 5.90. The molecular weight excluding hydrogens is 402 g/mol. The molecule has 2 aromatic rings. The van der Waals surface area contributed by atoms with Crippen LogP contribution in [0.3, 0.4) is 0 Å². The Bertz CT molecular complexity index is 981. The zero-order chi connectivity index (χ0) is 21.1. The summed E-state index contributed by atoms with van der Waals surface area (Å²) in [5.41, 5.74) is 0.872. The van der Waals surface area contributed by atoms with Gasteiger partial charge >= 0.3 is 6.03 Å². The Morgan fingerprint density at radius 1 is 1.03 bits per heavy atom. The van der Waals surface area contributed by atoms with Crippen LogP contribution in [0.2, 0.25) is 5.02 Å². The lowest BCUT2D eigenvalue weighted by atomic mass is 9.87. The summed E-state index contributed by atoms with van der Waals surface area (Å²) < 4.78 is 0. The normalized spacial score (nSPS) is 18.3. The van der Waals surface area contributed by atoms with Gasteiger partial charge in [0.2, 0.25) is 5.91 Å². The Balaban J connectivity index is 1.37. The van der Waals surface area contributed by atoms with Crippen LogP contribution in [0.5, 0.6) is 0 Å². The molecule has 7 heteroatoms. The number of hydrogen-bond acceptors (Lipinski definition) is 3. The first kappa shape index (κ1) is 20.2. The Kier molecular flexibility index (Phi) is 5.59. The minimum Gasteiger partial charge on any atom is -0.339 e. The van der Waals surface area contributed by atoms with Gasteiger partial charge < -0.3 is 10.2 Å². The second kappa shape index (κ2) is 8.32. The number of nitrogens with zero attached hydrogens (tertiary/aromatic N) is 2. The molecule has 0 bridgehead atoms. The van der Waals surface area contributed by atoms with Crippen LogP contribution >= 0.6 is 11.6 Å². The number of benzene rings is 2. The first-order valence-corrected chi connectivity index (χ1v) is 10.3. The number of urea groups is 1. The second-order valence-corrected chi connectivity index (χ2v) is 8.04. The average Bonchev–Trinajstić information content (AvgIpc) is 2.98. The molecular formula is C23H22ClN3O3. The van der Waals surface area contributed by atoms with E-state index in [0.29, 0.717) is 31.0 Å². The Labute approximate surface area is 180 Å².